The highest BCUT2D eigenvalue weighted by Crippen LogP contribution is 2.25. The van der Waals surface area contributed by atoms with Crippen molar-refractivity contribution in [3.05, 3.63) is 0 Å². The zero-order valence-corrected chi connectivity index (χ0v) is 13.2. The average molecular weight is 248 g/mol. The third-order valence-corrected chi connectivity index (χ3v) is 12.4. The van der Waals surface area contributed by atoms with Gasteiger partial charge in [0.05, 0.1) is 0 Å². The van der Waals surface area contributed by atoms with E-state index in [1.807, 2.05) is 0 Å². The maximum Gasteiger partial charge on any atom is 0.178 e. The van der Waals surface area contributed by atoms with Crippen LogP contribution in [-0.2, 0) is 4.12 Å². The largest absolute Gasteiger partial charge is 0.457 e. The Morgan fingerprint density at radius 2 is 1.60 bits per heavy atom. The predicted molar refractivity (Wildman–Crippen MR) is 74.4 cm³/mol. The number of rotatable bonds is 9. The van der Waals surface area contributed by atoms with Crippen LogP contribution in [-0.4, -0.2) is 23.9 Å². The lowest BCUT2D eigenvalue weighted by Gasteiger charge is -2.33. The maximum absolute atomic E-state index is 6.56. The van der Waals surface area contributed by atoms with Gasteiger partial charge in [0.15, 0.2) is 17.4 Å². The van der Waals surface area contributed by atoms with Gasteiger partial charge in [-0.3, -0.25) is 0 Å². The van der Waals surface area contributed by atoms with Crippen molar-refractivity contribution < 1.29 is 4.12 Å². The van der Waals surface area contributed by atoms with E-state index in [0.717, 1.165) is 13.0 Å². The van der Waals surface area contributed by atoms with Crippen molar-refractivity contribution >= 4 is 17.4 Å². The third-order valence-electron chi connectivity index (χ3n) is 3.45. The lowest BCUT2D eigenvalue weighted by molar-refractivity contribution is 0.534. The molecule has 0 saturated heterocycles. The Morgan fingerprint density at radius 1 is 1.07 bits per heavy atom. The molecule has 0 saturated carbocycles. The smallest absolute Gasteiger partial charge is 0.178 e. The molecule has 0 aliphatic carbocycles. The van der Waals surface area contributed by atoms with E-state index in [1.54, 1.807) is 0 Å². The van der Waals surface area contributed by atoms with Crippen LogP contribution in [0.25, 0.3) is 0 Å². The Morgan fingerprint density at radius 3 is 1.93 bits per heavy atom. The van der Waals surface area contributed by atoms with Gasteiger partial charge in [0.25, 0.3) is 0 Å². The van der Waals surface area contributed by atoms with E-state index in [2.05, 4.69) is 27.7 Å². The van der Waals surface area contributed by atoms with Gasteiger partial charge in [0.1, 0.15) is 0 Å². The minimum absolute atomic E-state index is 0.822. The quantitative estimate of drug-likeness (QED) is 0.636. The first kappa shape index (κ1) is 15.4. The molecular weight excluding hydrogens is 218 g/mol. The standard InChI is InChI=1S/C11H29NOSi2/c1-5-14(6-2)13-15(7-3,8-4)11-9-10-12/h14H,5-12H2,1-4H3. The summed E-state index contributed by atoms with van der Waals surface area (Å²) in [4.78, 5) is 0. The van der Waals surface area contributed by atoms with Crippen molar-refractivity contribution in [1.29, 1.82) is 0 Å². The fraction of sp³-hybridized carbons (Fsp3) is 1.00. The fourth-order valence-corrected chi connectivity index (χ4v) is 10.7. The summed E-state index contributed by atoms with van der Waals surface area (Å²) in [7, 11) is -2.26. The van der Waals surface area contributed by atoms with Crippen LogP contribution in [0.4, 0.5) is 0 Å². The molecule has 0 aromatic rings. The van der Waals surface area contributed by atoms with E-state index in [1.165, 1.54) is 30.2 Å². The Hall–Kier alpha value is 0.354. The van der Waals surface area contributed by atoms with Crippen LogP contribution in [0.3, 0.4) is 0 Å². The van der Waals surface area contributed by atoms with Gasteiger partial charge in [0.2, 0.25) is 0 Å². The third kappa shape index (κ3) is 5.29. The van der Waals surface area contributed by atoms with E-state index < -0.39 is 17.4 Å². The Bertz CT molecular complexity index is 148. The van der Waals surface area contributed by atoms with Crippen LogP contribution in [0.1, 0.15) is 34.1 Å². The first-order valence-corrected chi connectivity index (χ1v) is 11.2. The van der Waals surface area contributed by atoms with Gasteiger partial charge in [-0.2, -0.15) is 0 Å². The van der Waals surface area contributed by atoms with Crippen LogP contribution in [0, 0.1) is 0 Å². The molecule has 4 heteroatoms. The van der Waals surface area contributed by atoms with Crippen LogP contribution >= 0.6 is 0 Å². The van der Waals surface area contributed by atoms with Crippen molar-refractivity contribution in [1.82, 2.24) is 0 Å². The molecule has 0 bridgehead atoms. The second-order valence-corrected chi connectivity index (χ2v) is 12.4. The molecule has 0 heterocycles. The van der Waals surface area contributed by atoms with E-state index in [9.17, 15) is 0 Å². The van der Waals surface area contributed by atoms with E-state index in [0.29, 0.717) is 0 Å². The summed E-state index contributed by atoms with van der Waals surface area (Å²) >= 11 is 0. The summed E-state index contributed by atoms with van der Waals surface area (Å²) in [6, 6.07) is 6.39. The van der Waals surface area contributed by atoms with Crippen LogP contribution < -0.4 is 5.73 Å². The molecule has 0 rings (SSSR count). The second kappa shape index (κ2) is 8.50. The van der Waals surface area contributed by atoms with Gasteiger partial charge in [-0.25, -0.2) is 0 Å². The van der Waals surface area contributed by atoms with E-state index >= 15 is 0 Å². The summed E-state index contributed by atoms with van der Waals surface area (Å²) < 4.78 is 6.56. The SMILES string of the molecule is CC[SiH](CC)O[Si](CC)(CC)CCCN. The molecule has 0 aliphatic rings. The van der Waals surface area contributed by atoms with Gasteiger partial charge < -0.3 is 9.85 Å². The van der Waals surface area contributed by atoms with Crippen molar-refractivity contribution in [3.63, 3.8) is 0 Å². The minimum Gasteiger partial charge on any atom is -0.457 e. The summed E-state index contributed by atoms with van der Waals surface area (Å²) in [5.74, 6) is 0. The zero-order valence-electron chi connectivity index (χ0n) is 11.0. The fourth-order valence-electron chi connectivity index (χ4n) is 2.06. The predicted octanol–water partition coefficient (Wildman–Crippen LogP) is 3.10. The summed E-state index contributed by atoms with van der Waals surface area (Å²) in [5.41, 5.74) is 5.62. The second-order valence-electron chi connectivity index (χ2n) is 4.34. The Balaban J connectivity index is 4.32. The van der Waals surface area contributed by atoms with Crippen molar-refractivity contribution in [2.75, 3.05) is 6.54 Å². The van der Waals surface area contributed by atoms with Gasteiger partial charge in [-0.1, -0.05) is 27.7 Å². The normalized spacial score (nSPS) is 12.4. The average Bonchev–Trinajstić information content (AvgIpc) is 2.30. The molecule has 0 atom stereocenters. The Kier molecular flexibility index (Phi) is 8.70. The molecule has 0 fully saturated rings. The molecule has 92 valence electrons. The lowest BCUT2D eigenvalue weighted by atomic mass is 10.5. The summed E-state index contributed by atoms with van der Waals surface area (Å²) in [6.45, 7) is 10.0. The van der Waals surface area contributed by atoms with Crippen molar-refractivity contribution in [2.45, 2.75) is 64.3 Å². The molecule has 0 aromatic carbocycles. The zero-order chi connectivity index (χ0) is 11.7. The maximum atomic E-state index is 6.56. The topological polar surface area (TPSA) is 35.2 Å². The summed E-state index contributed by atoms with van der Waals surface area (Å²) in [5, 5.41) is 0. The molecule has 0 unspecified atom stereocenters. The van der Waals surface area contributed by atoms with E-state index in [4.69, 9.17) is 9.85 Å². The number of nitrogens with two attached hydrogens (primary N) is 1. The minimum atomic E-state index is -1.39. The highest BCUT2D eigenvalue weighted by atomic mass is 28.4. The van der Waals surface area contributed by atoms with Gasteiger partial charge >= 0.3 is 0 Å². The Labute approximate surface area is 98.4 Å². The van der Waals surface area contributed by atoms with Gasteiger partial charge in [0, 0.05) is 0 Å². The molecule has 2 N–H and O–H groups in total. The first-order valence-electron chi connectivity index (χ1n) is 6.55. The van der Waals surface area contributed by atoms with Crippen LogP contribution in [0.5, 0.6) is 0 Å². The first-order chi connectivity index (χ1) is 7.17. The number of hydrogen-bond acceptors (Lipinski definition) is 2. The molecule has 0 amide bonds. The monoisotopic (exact) mass is 247 g/mol. The molecule has 15 heavy (non-hydrogen) atoms. The summed E-state index contributed by atoms with van der Waals surface area (Å²) in [6.07, 6.45) is 1.16. The van der Waals surface area contributed by atoms with E-state index in [-0.39, 0.29) is 0 Å². The van der Waals surface area contributed by atoms with Crippen LogP contribution in [0.15, 0.2) is 0 Å². The van der Waals surface area contributed by atoms with Crippen molar-refractivity contribution in [2.24, 2.45) is 5.73 Å². The van der Waals surface area contributed by atoms with Crippen molar-refractivity contribution in [3.8, 4) is 0 Å². The highest BCUT2D eigenvalue weighted by molar-refractivity contribution is 6.80. The molecule has 2 nitrogen and oxygen atoms in total. The highest BCUT2D eigenvalue weighted by Gasteiger charge is 2.32. The molecule has 0 spiro atoms. The molecule has 0 aromatic heterocycles. The number of hydrogen-bond donors (Lipinski definition) is 1. The molecular formula is C11H29NOSi2. The lowest BCUT2D eigenvalue weighted by Crippen LogP contribution is -2.42. The van der Waals surface area contributed by atoms with Gasteiger partial charge in [-0.05, 0) is 43.2 Å². The van der Waals surface area contributed by atoms with Crippen LogP contribution in [0.2, 0.25) is 30.2 Å². The van der Waals surface area contributed by atoms with Gasteiger partial charge in [-0.15, -0.1) is 0 Å². The molecule has 0 radical (unpaired) electrons. The molecule has 0 aliphatic heterocycles.